The summed E-state index contributed by atoms with van der Waals surface area (Å²) in [7, 11) is 0. The summed E-state index contributed by atoms with van der Waals surface area (Å²) in [5, 5.41) is 5.08. The molecule has 7 heteroatoms. The second kappa shape index (κ2) is 7.79. The van der Waals surface area contributed by atoms with Crippen molar-refractivity contribution in [3.8, 4) is 0 Å². The zero-order chi connectivity index (χ0) is 15.9. The maximum absolute atomic E-state index is 11.7. The van der Waals surface area contributed by atoms with Crippen LogP contribution in [0.1, 0.15) is 36.0 Å². The van der Waals surface area contributed by atoms with E-state index in [4.69, 9.17) is 16.3 Å². The van der Waals surface area contributed by atoms with Gasteiger partial charge in [0.05, 0.1) is 10.6 Å². The molecule has 0 aromatic heterocycles. The SMILES string of the molecule is O=C(COC(=O)c1ccccc1Cl)NC(=O)NC1CCCC1. The highest BCUT2D eigenvalue weighted by Gasteiger charge is 2.19. The summed E-state index contributed by atoms with van der Waals surface area (Å²) in [6.45, 7) is -0.540. The van der Waals surface area contributed by atoms with Gasteiger partial charge in [-0.2, -0.15) is 0 Å². The molecule has 0 radical (unpaired) electrons. The van der Waals surface area contributed by atoms with Crippen molar-refractivity contribution in [2.45, 2.75) is 31.7 Å². The molecule has 1 aromatic rings. The van der Waals surface area contributed by atoms with Crippen LogP contribution in [0.5, 0.6) is 0 Å². The van der Waals surface area contributed by atoms with E-state index in [1.54, 1.807) is 18.2 Å². The lowest BCUT2D eigenvalue weighted by molar-refractivity contribution is -0.123. The van der Waals surface area contributed by atoms with Crippen LogP contribution in [0.2, 0.25) is 5.02 Å². The number of nitrogens with one attached hydrogen (secondary N) is 2. The van der Waals surface area contributed by atoms with Gasteiger partial charge in [-0.3, -0.25) is 10.1 Å². The minimum absolute atomic E-state index is 0.110. The second-order valence-electron chi connectivity index (χ2n) is 5.06. The Morgan fingerprint density at radius 3 is 2.55 bits per heavy atom. The largest absolute Gasteiger partial charge is 0.452 e. The van der Waals surface area contributed by atoms with E-state index in [-0.39, 0.29) is 16.6 Å². The van der Waals surface area contributed by atoms with Gasteiger partial charge in [-0.25, -0.2) is 9.59 Å². The quantitative estimate of drug-likeness (QED) is 0.832. The van der Waals surface area contributed by atoms with Crippen LogP contribution in [0.4, 0.5) is 4.79 Å². The molecular formula is C15H17ClN2O4. The van der Waals surface area contributed by atoms with Gasteiger partial charge in [-0.1, -0.05) is 36.6 Å². The van der Waals surface area contributed by atoms with Crippen LogP contribution in [0.15, 0.2) is 24.3 Å². The van der Waals surface area contributed by atoms with Gasteiger partial charge in [0, 0.05) is 6.04 Å². The molecular weight excluding hydrogens is 308 g/mol. The number of hydrogen-bond donors (Lipinski definition) is 2. The van der Waals surface area contributed by atoms with Crippen molar-refractivity contribution in [1.29, 1.82) is 0 Å². The van der Waals surface area contributed by atoms with E-state index in [0.717, 1.165) is 25.7 Å². The standard InChI is InChI=1S/C15H17ClN2O4/c16-12-8-4-3-7-11(12)14(20)22-9-13(19)18-15(21)17-10-5-1-2-6-10/h3-4,7-8,10H,1-2,5-6,9H2,(H2,17,18,19,21). The second-order valence-corrected chi connectivity index (χ2v) is 5.47. The van der Waals surface area contributed by atoms with Gasteiger partial charge in [0.2, 0.25) is 0 Å². The number of benzene rings is 1. The third-order valence-electron chi connectivity index (χ3n) is 3.37. The number of urea groups is 1. The van der Waals surface area contributed by atoms with Gasteiger partial charge in [-0.15, -0.1) is 0 Å². The summed E-state index contributed by atoms with van der Waals surface area (Å²) in [4.78, 5) is 34.9. The number of carbonyl (C=O) groups is 3. The van der Waals surface area contributed by atoms with E-state index in [0.29, 0.717) is 0 Å². The number of carbonyl (C=O) groups excluding carboxylic acids is 3. The Balaban J connectivity index is 1.74. The Bertz CT molecular complexity index is 570. The van der Waals surface area contributed by atoms with Crippen LogP contribution in [0.25, 0.3) is 0 Å². The number of imide groups is 1. The van der Waals surface area contributed by atoms with E-state index in [2.05, 4.69) is 10.6 Å². The van der Waals surface area contributed by atoms with Crippen molar-refractivity contribution >= 4 is 29.5 Å². The minimum Gasteiger partial charge on any atom is -0.452 e. The Labute approximate surface area is 133 Å². The number of halogens is 1. The fourth-order valence-electron chi connectivity index (χ4n) is 2.29. The first-order valence-electron chi connectivity index (χ1n) is 7.08. The molecule has 1 aromatic carbocycles. The summed E-state index contributed by atoms with van der Waals surface area (Å²) in [6, 6.07) is 5.91. The lowest BCUT2D eigenvalue weighted by Crippen LogP contribution is -2.45. The van der Waals surface area contributed by atoms with Crippen LogP contribution < -0.4 is 10.6 Å². The average Bonchev–Trinajstić information content (AvgIpc) is 2.98. The summed E-state index contributed by atoms with van der Waals surface area (Å²) in [5.74, 6) is -1.40. The van der Waals surface area contributed by atoms with Crippen molar-refractivity contribution in [1.82, 2.24) is 10.6 Å². The van der Waals surface area contributed by atoms with E-state index in [9.17, 15) is 14.4 Å². The molecule has 0 aliphatic heterocycles. The van der Waals surface area contributed by atoms with Gasteiger partial charge >= 0.3 is 12.0 Å². The fourth-order valence-corrected chi connectivity index (χ4v) is 2.50. The zero-order valence-corrected chi connectivity index (χ0v) is 12.7. The highest BCUT2D eigenvalue weighted by molar-refractivity contribution is 6.33. The molecule has 0 bridgehead atoms. The van der Waals surface area contributed by atoms with E-state index >= 15 is 0 Å². The molecule has 1 aliphatic rings. The molecule has 0 atom stereocenters. The van der Waals surface area contributed by atoms with Gasteiger partial charge in [0.25, 0.3) is 5.91 Å². The third kappa shape index (κ3) is 4.73. The first-order valence-corrected chi connectivity index (χ1v) is 7.46. The number of ether oxygens (including phenoxy) is 1. The Hall–Kier alpha value is -2.08. The first kappa shape index (κ1) is 16.3. The minimum atomic E-state index is -0.711. The van der Waals surface area contributed by atoms with Crippen molar-refractivity contribution < 1.29 is 19.1 Å². The molecule has 0 saturated heterocycles. The van der Waals surface area contributed by atoms with Crippen molar-refractivity contribution in [2.24, 2.45) is 0 Å². The predicted molar refractivity (Wildman–Crippen MR) is 80.7 cm³/mol. The molecule has 0 heterocycles. The molecule has 2 rings (SSSR count). The molecule has 0 unspecified atom stereocenters. The zero-order valence-electron chi connectivity index (χ0n) is 11.9. The maximum Gasteiger partial charge on any atom is 0.340 e. The molecule has 2 N–H and O–H groups in total. The number of esters is 1. The highest BCUT2D eigenvalue weighted by Crippen LogP contribution is 2.17. The average molecular weight is 325 g/mol. The van der Waals surface area contributed by atoms with E-state index < -0.39 is 24.5 Å². The van der Waals surface area contributed by atoms with Gasteiger partial charge in [-0.05, 0) is 25.0 Å². The van der Waals surface area contributed by atoms with Crippen molar-refractivity contribution in [3.63, 3.8) is 0 Å². The van der Waals surface area contributed by atoms with Crippen LogP contribution in [-0.2, 0) is 9.53 Å². The summed E-state index contributed by atoms with van der Waals surface area (Å²) in [6.07, 6.45) is 3.99. The molecule has 1 saturated carbocycles. The first-order chi connectivity index (χ1) is 10.6. The number of hydrogen-bond acceptors (Lipinski definition) is 4. The monoisotopic (exact) mass is 324 g/mol. The lowest BCUT2D eigenvalue weighted by Gasteiger charge is -2.12. The van der Waals surface area contributed by atoms with Crippen LogP contribution >= 0.6 is 11.6 Å². The fraction of sp³-hybridized carbons (Fsp3) is 0.400. The predicted octanol–water partition coefficient (Wildman–Crippen LogP) is 2.27. The Morgan fingerprint density at radius 2 is 1.86 bits per heavy atom. The lowest BCUT2D eigenvalue weighted by atomic mass is 10.2. The smallest absolute Gasteiger partial charge is 0.340 e. The molecule has 22 heavy (non-hydrogen) atoms. The van der Waals surface area contributed by atoms with Gasteiger partial charge in [0.1, 0.15) is 0 Å². The molecule has 118 valence electrons. The van der Waals surface area contributed by atoms with Crippen molar-refractivity contribution in [2.75, 3.05) is 6.61 Å². The summed E-state index contributed by atoms with van der Waals surface area (Å²) < 4.78 is 4.83. The topological polar surface area (TPSA) is 84.5 Å². The van der Waals surface area contributed by atoms with E-state index in [1.165, 1.54) is 6.07 Å². The molecule has 3 amide bonds. The van der Waals surface area contributed by atoms with Crippen LogP contribution in [-0.4, -0.2) is 30.6 Å². The number of rotatable bonds is 4. The summed E-state index contributed by atoms with van der Waals surface area (Å²) in [5.41, 5.74) is 0.173. The highest BCUT2D eigenvalue weighted by atomic mass is 35.5. The van der Waals surface area contributed by atoms with Crippen molar-refractivity contribution in [3.05, 3.63) is 34.9 Å². The molecule has 6 nitrogen and oxygen atoms in total. The summed E-state index contributed by atoms with van der Waals surface area (Å²) >= 11 is 5.85. The molecule has 0 spiro atoms. The van der Waals surface area contributed by atoms with E-state index in [1.807, 2.05) is 0 Å². The molecule has 1 aliphatic carbocycles. The third-order valence-corrected chi connectivity index (χ3v) is 3.70. The normalized spacial score (nSPS) is 14.4. The van der Waals surface area contributed by atoms with Crippen LogP contribution in [0.3, 0.4) is 0 Å². The maximum atomic E-state index is 11.7. The number of amides is 3. The van der Waals surface area contributed by atoms with Gasteiger partial charge < -0.3 is 10.1 Å². The Morgan fingerprint density at radius 1 is 1.18 bits per heavy atom. The van der Waals surface area contributed by atoms with Crippen LogP contribution in [0, 0.1) is 0 Å². The van der Waals surface area contributed by atoms with Gasteiger partial charge in [0.15, 0.2) is 6.61 Å². The molecule has 1 fully saturated rings. The Kier molecular flexibility index (Phi) is 5.77.